The fraction of sp³-hybridized carbons (Fsp3) is 0.375. The lowest BCUT2D eigenvalue weighted by Gasteiger charge is -2.22. The number of hydrogen-bond acceptors (Lipinski definition) is 2. The van der Waals surface area contributed by atoms with E-state index in [0.717, 1.165) is 31.4 Å². The summed E-state index contributed by atoms with van der Waals surface area (Å²) in [5.41, 5.74) is 1.03. The van der Waals surface area contributed by atoms with E-state index in [1.54, 1.807) is 12.4 Å². The Morgan fingerprint density at radius 3 is 3.00 bits per heavy atom. The fourth-order valence-corrected chi connectivity index (χ4v) is 2.41. The molecule has 1 saturated heterocycles. The Bertz CT molecular complexity index is 453. The van der Waals surface area contributed by atoms with Crippen LogP contribution in [-0.4, -0.2) is 28.4 Å². The average Bonchev–Trinajstić information content (AvgIpc) is 2.89. The van der Waals surface area contributed by atoms with Crippen LogP contribution in [0.15, 0.2) is 49.3 Å². The van der Waals surface area contributed by atoms with Gasteiger partial charge in [0.1, 0.15) is 0 Å². The molecule has 0 aliphatic carbocycles. The highest BCUT2D eigenvalue weighted by molar-refractivity contribution is 5.79. The van der Waals surface area contributed by atoms with E-state index in [2.05, 4.69) is 23.7 Å². The first kappa shape index (κ1) is 13.5. The summed E-state index contributed by atoms with van der Waals surface area (Å²) in [5.74, 6) is 0.206. The van der Waals surface area contributed by atoms with E-state index < -0.39 is 0 Å². The van der Waals surface area contributed by atoms with Crippen molar-refractivity contribution in [2.45, 2.75) is 31.7 Å². The van der Waals surface area contributed by atoms with Gasteiger partial charge >= 0.3 is 0 Å². The molecule has 19 heavy (non-hydrogen) atoms. The van der Waals surface area contributed by atoms with Gasteiger partial charge < -0.3 is 4.90 Å². The third-order valence-electron chi connectivity index (χ3n) is 3.39. The van der Waals surface area contributed by atoms with Crippen LogP contribution in [0.4, 0.5) is 0 Å². The van der Waals surface area contributed by atoms with Crippen molar-refractivity contribution < 1.29 is 4.79 Å². The van der Waals surface area contributed by atoms with Crippen LogP contribution in [0.1, 0.15) is 24.8 Å². The van der Waals surface area contributed by atoms with Crippen LogP contribution >= 0.6 is 0 Å². The van der Waals surface area contributed by atoms with E-state index >= 15 is 0 Å². The van der Waals surface area contributed by atoms with Gasteiger partial charge in [0.05, 0.1) is 12.5 Å². The van der Waals surface area contributed by atoms with Crippen LogP contribution < -0.4 is 0 Å². The molecule has 0 spiro atoms. The van der Waals surface area contributed by atoms with E-state index in [-0.39, 0.29) is 11.9 Å². The van der Waals surface area contributed by atoms with Gasteiger partial charge in [0.25, 0.3) is 0 Å². The number of allylic oxidation sites excluding steroid dienone is 2. The summed E-state index contributed by atoms with van der Waals surface area (Å²) in [6.45, 7) is 4.57. The Kier molecular flexibility index (Phi) is 4.90. The Morgan fingerprint density at radius 2 is 2.26 bits per heavy atom. The van der Waals surface area contributed by atoms with Crippen molar-refractivity contribution in [2.75, 3.05) is 6.54 Å². The summed E-state index contributed by atoms with van der Waals surface area (Å²) in [5, 5.41) is 0. The molecule has 0 aromatic carbocycles. The highest BCUT2D eigenvalue weighted by Gasteiger charge is 2.26. The smallest absolute Gasteiger partial charge is 0.227 e. The van der Waals surface area contributed by atoms with E-state index in [1.165, 1.54) is 0 Å². The van der Waals surface area contributed by atoms with Gasteiger partial charge in [-0.3, -0.25) is 9.78 Å². The van der Waals surface area contributed by atoms with Crippen LogP contribution in [0.25, 0.3) is 0 Å². The summed E-state index contributed by atoms with van der Waals surface area (Å²) in [6, 6.07) is 4.06. The molecule has 1 amide bonds. The molecular weight excluding hydrogens is 236 g/mol. The number of nitrogens with zero attached hydrogens (tertiary/aromatic N) is 2. The van der Waals surface area contributed by atoms with Crippen LogP contribution in [0.5, 0.6) is 0 Å². The Labute approximate surface area is 114 Å². The van der Waals surface area contributed by atoms with Gasteiger partial charge in [0.15, 0.2) is 0 Å². The average molecular weight is 256 g/mol. The quantitative estimate of drug-likeness (QED) is 0.759. The number of amides is 1. The topological polar surface area (TPSA) is 33.2 Å². The van der Waals surface area contributed by atoms with Crippen LogP contribution in [0.2, 0.25) is 0 Å². The summed E-state index contributed by atoms with van der Waals surface area (Å²) in [7, 11) is 0. The van der Waals surface area contributed by atoms with Crippen LogP contribution in [0.3, 0.4) is 0 Å². The molecule has 1 aromatic rings. The molecule has 1 aromatic heterocycles. The number of carbonyl (C=O) groups is 1. The molecule has 0 N–H and O–H groups in total. The largest absolute Gasteiger partial charge is 0.336 e. The summed E-state index contributed by atoms with van der Waals surface area (Å²) in [4.78, 5) is 18.3. The van der Waals surface area contributed by atoms with E-state index in [4.69, 9.17) is 0 Å². The van der Waals surface area contributed by atoms with Crippen molar-refractivity contribution in [3.63, 3.8) is 0 Å². The van der Waals surface area contributed by atoms with E-state index in [9.17, 15) is 4.79 Å². The van der Waals surface area contributed by atoms with Crippen molar-refractivity contribution in [1.82, 2.24) is 9.88 Å². The zero-order chi connectivity index (χ0) is 13.5. The maximum atomic E-state index is 12.3. The van der Waals surface area contributed by atoms with Crippen molar-refractivity contribution in [3.05, 3.63) is 54.9 Å². The van der Waals surface area contributed by atoms with Gasteiger partial charge in [-0.05, 0) is 37.0 Å². The Morgan fingerprint density at radius 1 is 1.47 bits per heavy atom. The van der Waals surface area contributed by atoms with Gasteiger partial charge in [-0.1, -0.05) is 18.2 Å². The highest BCUT2D eigenvalue weighted by Crippen LogP contribution is 2.19. The molecule has 3 heteroatoms. The molecule has 100 valence electrons. The number of pyridine rings is 1. The minimum absolute atomic E-state index is 0.206. The first-order chi connectivity index (χ1) is 9.31. The number of likely N-dealkylation sites (tertiary alicyclic amines) is 1. The molecule has 3 nitrogen and oxygen atoms in total. The normalized spacial score (nSPS) is 18.9. The molecule has 0 unspecified atom stereocenters. The minimum atomic E-state index is 0.206. The number of aromatic nitrogens is 1. The number of hydrogen-bond donors (Lipinski definition) is 0. The number of carbonyl (C=O) groups excluding carboxylic acids is 1. The Balaban J connectivity index is 1.96. The molecule has 2 rings (SSSR count). The maximum absolute atomic E-state index is 12.3. The zero-order valence-corrected chi connectivity index (χ0v) is 11.2. The second-order valence-electron chi connectivity index (χ2n) is 4.78. The third-order valence-corrected chi connectivity index (χ3v) is 3.39. The molecule has 1 fully saturated rings. The lowest BCUT2D eigenvalue weighted by atomic mass is 10.1. The molecule has 0 radical (unpaired) electrons. The first-order valence-electron chi connectivity index (χ1n) is 6.77. The minimum Gasteiger partial charge on any atom is -0.336 e. The molecule has 0 saturated carbocycles. The SMILES string of the molecule is C=CC/C=C/[C@H]1CCCN1C(=O)Cc1ccncc1. The molecule has 1 aliphatic heterocycles. The molecular formula is C16H20N2O. The first-order valence-corrected chi connectivity index (χ1v) is 6.77. The molecule has 1 aliphatic rings. The molecule has 2 heterocycles. The van der Waals surface area contributed by atoms with Gasteiger partial charge in [-0.15, -0.1) is 6.58 Å². The Hall–Kier alpha value is -1.90. The van der Waals surface area contributed by atoms with Gasteiger partial charge in [-0.25, -0.2) is 0 Å². The molecule has 0 bridgehead atoms. The predicted molar refractivity (Wildman–Crippen MR) is 76.6 cm³/mol. The second kappa shape index (κ2) is 6.88. The lowest BCUT2D eigenvalue weighted by Crippen LogP contribution is -2.35. The highest BCUT2D eigenvalue weighted by atomic mass is 16.2. The third kappa shape index (κ3) is 3.78. The summed E-state index contributed by atoms with van der Waals surface area (Å²) >= 11 is 0. The number of rotatable bonds is 5. The van der Waals surface area contributed by atoms with E-state index in [1.807, 2.05) is 23.1 Å². The fourth-order valence-electron chi connectivity index (χ4n) is 2.41. The van der Waals surface area contributed by atoms with Crippen LogP contribution in [-0.2, 0) is 11.2 Å². The van der Waals surface area contributed by atoms with E-state index in [0.29, 0.717) is 6.42 Å². The van der Waals surface area contributed by atoms with Gasteiger partial charge in [-0.2, -0.15) is 0 Å². The second-order valence-corrected chi connectivity index (χ2v) is 4.78. The van der Waals surface area contributed by atoms with Gasteiger partial charge in [0, 0.05) is 18.9 Å². The van der Waals surface area contributed by atoms with Crippen molar-refractivity contribution in [1.29, 1.82) is 0 Å². The van der Waals surface area contributed by atoms with Crippen LogP contribution in [0, 0.1) is 0 Å². The van der Waals surface area contributed by atoms with Crippen molar-refractivity contribution >= 4 is 5.91 Å². The van der Waals surface area contributed by atoms with Crippen molar-refractivity contribution in [2.24, 2.45) is 0 Å². The standard InChI is InChI=1S/C16H20N2O/c1-2-3-4-6-15-7-5-12-18(15)16(19)13-14-8-10-17-11-9-14/h2,4,6,8-11,15H,1,3,5,7,12-13H2/b6-4+/t15-/m0/s1. The predicted octanol–water partition coefficient (Wildman–Crippen LogP) is 2.75. The maximum Gasteiger partial charge on any atom is 0.227 e. The molecule has 1 atom stereocenters. The van der Waals surface area contributed by atoms with Gasteiger partial charge in [0.2, 0.25) is 5.91 Å². The summed E-state index contributed by atoms with van der Waals surface area (Å²) < 4.78 is 0. The lowest BCUT2D eigenvalue weighted by molar-refractivity contribution is -0.130. The zero-order valence-electron chi connectivity index (χ0n) is 11.2. The summed E-state index contributed by atoms with van der Waals surface area (Å²) in [6.07, 6.45) is 13.0. The monoisotopic (exact) mass is 256 g/mol. The van der Waals surface area contributed by atoms with Crippen molar-refractivity contribution in [3.8, 4) is 0 Å².